The maximum atomic E-state index is 12.2. The Hall–Kier alpha value is -2.21. The predicted octanol–water partition coefficient (Wildman–Crippen LogP) is 1.46. The Morgan fingerprint density at radius 1 is 1.30 bits per heavy atom. The Morgan fingerprint density at radius 3 is 2.83 bits per heavy atom. The second-order valence-electron chi connectivity index (χ2n) is 5.53. The summed E-state index contributed by atoms with van der Waals surface area (Å²) in [4.78, 5) is 24.9. The van der Waals surface area contributed by atoms with Gasteiger partial charge in [-0.05, 0) is 30.2 Å². The molecule has 2 heterocycles. The number of fused-ring (bicyclic) bond motifs is 1. The van der Waals surface area contributed by atoms with E-state index in [1.54, 1.807) is 23.1 Å². The molecule has 6 nitrogen and oxygen atoms in total. The molecule has 23 heavy (non-hydrogen) atoms. The van der Waals surface area contributed by atoms with Gasteiger partial charge < -0.3 is 20.1 Å². The maximum Gasteiger partial charge on any atom is 0.246 e. The van der Waals surface area contributed by atoms with Crippen molar-refractivity contribution < 1.29 is 19.1 Å². The maximum absolute atomic E-state index is 12.2. The van der Waals surface area contributed by atoms with Crippen molar-refractivity contribution in [2.24, 2.45) is 11.7 Å². The van der Waals surface area contributed by atoms with Crippen molar-refractivity contribution in [1.29, 1.82) is 0 Å². The van der Waals surface area contributed by atoms with Crippen LogP contribution in [0.1, 0.15) is 12.0 Å². The smallest absolute Gasteiger partial charge is 0.246 e. The van der Waals surface area contributed by atoms with E-state index in [1.807, 2.05) is 0 Å². The van der Waals surface area contributed by atoms with E-state index in [0.29, 0.717) is 49.2 Å². The minimum absolute atomic E-state index is 0.153. The summed E-state index contributed by atoms with van der Waals surface area (Å²) in [6.45, 7) is 1.85. The van der Waals surface area contributed by atoms with Crippen LogP contribution in [0.4, 0.5) is 0 Å². The van der Waals surface area contributed by atoms with E-state index < -0.39 is 0 Å². The Kier molecular flexibility index (Phi) is 4.43. The van der Waals surface area contributed by atoms with Gasteiger partial charge in [0.25, 0.3) is 0 Å². The fourth-order valence-electron chi connectivity index (χ4n) is 2.69. The SMILES string of the molecule is NC(=O)C1CCN(C(=O)C=Cc2cc(Cl)c3c(c2)OCCO3)C1. The number of primary amides is 1. The van der Waals surface area contributed by atoms with Crippen molar-refractivity contribution in [2.45, 2.75) is 6.42 Å². The molecule has 0 aliphatic carbocycles. The average Bonchev–Trinajstić information content (AvgIpc) is 3.03. The Balaban J connectivity index is 1.69. The summed E-state index contributed by atoms with van der Waals surface area (Å²) in [5.74, 6) is 0.342. The minimum Gasteiger partial charge on any atom is -0.486 e. The molecule has 2 amide bonds. The molecule has 0 radical (unpaired) electrons. The van der Waals surface area contributed by atoms with E-state index in [1.165, 1.54) is 6.08 Å². The molecule has 122 valence electrons. The van der Waals surface area contributed by atoms with E-state index >= 15 is 0 Å². The first-order chi connectivity index (χ1) is 11.0. The number of hydrogen-bond acceptors (Lipinski definition) is 4. The van der Waals surface area contributed by atoms with Crippen LogP contribution in [0.5, 0.6) is 11.5 Å². The summed E-state index contributed by atoms with van der Waals surface area (Å²) in [7, 11) is 0. The van der Waals surface area contributed by atoms with Gasteiger partial charge in [-0.2, -0.15) is 0 Å². The van der Waals surface area contributed by atoms with Gasteiger partial charge in [-0.25, -0.2) is 0 Å². The van der Waals surface area contributed by atoms with E-state index in [2.05, 4.69) is 0 Å². The number of carbonyl (C=O) groups excluding carboxylic acids is 2. The van der Waals surface area contributed by atoms with Crippen LogP contribution in [0.15, 0.2) is 18.2 Å². The third kappa shape index (κ3) is 3.42. The Bertz CT molecular complexity index is 674. The molecular weight excluding hydrogens is 320 g/mol. The quantitative estimate of drug-likeness (QED) is 0.847. The van der Waals surface area contributed by atoms with Crippen molar-refractivity contribution in [1.82, 2.24) is 4.90 Å². The van der Waals surface area contributed by atoms with Gasteiger partial charge in [0.15, 0.2) is 11.5 Å². The van der Waals surface area contributed by atoms with Gasteiger partial charge in [0.2, 0.25) is 11.8 Å². The molecule has 3 rings (SSSR count). The molecule has 0 bridgehead atoms. The average molecular weight is 337 g/mol. The van der Waals surface area contributed by atoms with Crippen LogP contribution in [0.3, 0.4) is 0 Å². The molecule has 1 aromatic rings. The van der Waals surface area contributed by atoms with Gasteiger partial charge in [-0.3, -0.25) is 9.59 Å². The molecule has 0 saturated carbocycles. The van der Waals surface area contributed by atoms with Crippen molar-refractivity contribution in [3.63, 3.8) is 0 Å². The number of carbonyl (C=O) groups is 2. The first-order valence-corrected chi connectivity index (χ1v) is 7.78. The van der Waals surface area contributed by atoms with Gasteiger partial charge in [-0.15, -0.1) is 0 Å². The zero-order valence-electron chi connectivity index (χ0n) is 12.5. The summed E-state index contributed by atoms with van der Waals surface area (Å²) >= 11 is 6.16. The van der Waals surface area contributed by atoms with Crippen LogP contribution in [-0.4, -0.2) is 43.0 Å². The fraction of sp³-hybridized carbons (Fsp3) is 0.375. The summed E-state index contributed by atoms with van der Waals surface area (Å²) in [6, 6.07) is 3.50. The molecule has 0 aromatic heterocycles. The van der Waals surface area contributed by atoms with Crippen LogP contribution in [0.25, 0.3) is 6.08 Å². The molecule has 1 unspecified atom stereocenters. The van der Waals surface area contributed by atoms with E-state index in [9.17, 15) is 9.59 Å². The summed E-state index contributed by atoms with van der Waals surface area (Å²) < 4.78 is 11.0. The summed E-state index contributed by atoms with van der Waals surface area (Å²) in [6.07, 6.45) is 3.75. The highest BCUT2D eigenvalue weighted by molar-refractivity contribution is 6.32. The lowest BCUT2D eigenvalue weighted by atomic mass is 10.1. The number of nitrogens with two attached hydrogens (primary N) is 1. The zero-order valence-corrected chi connectivity index (χ0v) is 13.2. The summed E-state index contributed by atoms with van der Waals surface area (Å²) in [5, 5.41) is 0.448. The monoisotopic (exact) mass is 336 g/mol. The highest BCUT2D eigenvalue weighted by Crippen LogP contribution is 2.38. The lowest BCUT2D eigenvalue weighted by Gasteiger charge is -2.19. The number of hydrogen-bond donors (Lipinski definition) is 1. The highest BCUT2D eigenvalue weighted by Gasteiger charge is 2.28. The molecule has 1 fully saturated rings. The normalized spacial score (nSPS) is 20.0. The van der Waals surface area contributed by atoms with Crippen LogP contribution >= 0.6 is 11.6 Å². The number of nitrogens with zero attached hydrogens (tertiary/aromatic N) is 1. The topological polar surface area (TPSA) is 81.9 Å². The number of amides is 2. The number of rotatable bonds is 3. The first-order valence-electron chi connectivity index (χ1n) is 7.40. The van der Waals surface area contributed by atoms with Crippen LogP contribution in [-0.2, 0) is 9.59 Å². The van der Waals surface area contributed by atoms with Crippen LogP contribution in [0.2, 0.25) is 5.02 Å². The molecule has 2 aliphatic heterocycles. The van der Waals surface area contributed by atoms with Gasteiger partial charge in [-0.1, -0.05) is 11.6 Å². The number of ether oxygens (including phenoxy) is 2. The second kappa shape index (κ2) is 6.50. The van der Waals surface area contributed by atoms with Gasteiger partial charge in [0, 0.05) is 19.2 Å². The van der Waals surface area contributed by atoms with Crippen molar-refractivity contribution in [3.05, 3.63) is 28.8 Å². The zero-order chi connectivity index (χ0) is 16.4. The van der Waals surface area contributed by atoms with Crippen LogP contribution in [0, 0.1) is 5.92 Å². The molecule has 2 N–H and O–H groups in total. The summed E-state index contributed by atoms with van der Waals surface area (Å²) in [5.41, 5.74) is 6.02. The number of benzene rings is 1. The highest BCUT2D eigenvalue weighted by atomic mass is 35.5. The van der Waals surface area contributed by atoms with Gasteiger partial charge in [0.05, 0.1) is 10.9 Å². The first kappa shape index (κ1) is 15.7. The standard InChI is InChI=1S/C16H17ClN2O4/c17-12-7-10(8-13-15(12)23-6-5-22-13)1-2-14(20)19-4-3-11(9-19)16(18)21/h1-2,7-8,11H,3-6,9H2,(H2,18,21). The Labute approximate surface area is 138 Å². The van der Waals surface area contributed by atoms with E-state index in [-0.39, 0.29) is 17.7 Å². The van der Waals surface area contributed by atoms with Crippen molar-refractivity contribution in [2.75, 3.05) is 26.3 Å². The Morgan fingerprint density at radius 2 is 2.09 bits per heavy atom. The number of halogens is 1. The fourth-order valence-corrected chi connectivity index (χ4v) is 2.97. The third-order valence-electron chi connectivity index (χ3n) is 3.94. The molecular formula is C16H17ClN2O4. The molecule has 1 atom stereocenters. The van der Waals surface area contributed by atoms with Gasteiger partial charge in [0.1, 0.15) is 13.2 Å². The van der Waals surface area contributed by atoms with Gasteiger partial charge >= 0.3 is 0 Å². The van der Waals surface area contributed by atoms with Crippen molar-refractivity contribution >= 4 is 29.5 Å². The lowest BCUT2D eigenvalue weighted by molar-refractivity contribution is -0.125. The molecule has 1 saturated heterocycles. The predicted molar refractivity (Wildman–Crippen MR) is 85.4 cm³/mol. The largest absolute Gasteiger partial charge is 0.486 e. The minimum atomic E-state index is -0.358. The number of likely N-dealkylation sites (tertiary alicyclic amines) is 1. The molecule has 2 aliphatic rings. The van der Waals surface area contributed by atoms with E-state index in [4.69, 9.17) is 26.8 Å². The molecule has 7 heteroatoms. The van der Waals surface area contributed by atoms with E-state index in [0.717, 1.165) is 5.56 Å². The second-order valence-corrected chi connectivity index (χ2v) is 5.94. The molecule has 0 spiro atoms. The van der Waals surface area contributed by atoms with Crippen LogP contribution < -0.4 is 15.2 Å². The molecule has 1 aromatic carbocycles. The third-order valence-corrected chi connectivity index (χ3v) is 4.22. The van der Waals surface area contributed by atoms with Crippen molar-refractivity contribution in [3.8, 4) is 11.5 Å². The lowest BCUT2D eigenvalue weighted by Crippen LogP contribution is -2.30.